The van der Waals surface area contributed by atoms with Gasteiger partial charge in [0.05, 0.1) is 23.6 Å². The summed E-state index contributed by atoms with van der Waals surface area (Å²) in [5.74, 6) is -0.984. The minimum Gasteiger partial charge on any atom is -0.493 e. The van der Waals surface area contributed by atoms with Crippen LogP contribution < -0.4 is 15.1 Å². The van der Waals surface area contributed by atoms with Gasteiger partial charge in [-0.3, -0.25) is 5.41 Å². The van der Waals surface area contributed by atoms with Crippen molar-refractivity contribution in [2.45, 2.75) is 25.7 Å². The molecule has 0 radical (unpaired) electrons. The molecule has 146 valence electrons. The van der Waals surface area contributed by atoms with Crippen LogP contribution in [0.25, 0.3) is 11.0 Å². The molecule has 6 nitrogen and oxygen atoms in total. The molecule has 2 atom stereocenters. The molecule has 2 unspecified atom stereocenters. The first-order chi connectivity index (χ1) is 14.2. The molecular weight excluding hydrogens is 368 g/mol. The van der Waals surface area contributed by atoms with Crippen molar-refractivity contribution in [3.63, 3.8) is 0 Å². The van der Waals surface area contributed by atoms with Gasteiger partial charge >= 0.3 is 5.63 Å². The lowest BCUT2D eigenvalue weighted by molar-refractivity contribution is 0.303. The van der Waals surface area contributed by atoms with Crippen LogP contribution >= 0.6 is 0 Å². The third-order valence-electron chi connectivity index (χ3n) is 5.09. The van der Waals surface area contributed by atoms with Gasteiger partial charge in [0.2, 0.25) is 5.90 Å². The van der Waals surface area contributed by atoms with E-state index in [9.17, 15) is 10.1 Å². The number of rotatable bonds is 5. The van der Waals surface area contributed by atoms with E-state index in [0.717, 1.165) is 12.8 Å². The molecule has 2 heterocycles. The summed E-state index contributed by atoms with van der Waals surface area (Å²) in [6, 6.07) is 16.5. The molecule has 4 rings (SSSR count). The number of nitriles is 1. The zero-order valence-corrected chi connectivity index (χ0v) is 16.0. The molecule has 0 spiro atoms. The van der Waals surface area contributed by atoms with E-state index in [1.807, 2.05) is 30.3 Å². The molecule has 1 aliphatic rings. The molecular formula is C23H20N2O4. The van der Waals surface area contributed by atoms with Crippen LogP contribution in [0.5, 0.6) is 11.5 Å². The molecule has 29 heavy (non-hydrogen) atoms. The van der Waals surface area contributed by atoms with Gasteiger partial charge in [-0.1, -0.05) is 43.7 Å². The van der Waals surface area contributed by atoms with Crippen molar-refractivity contribution < 1.29 is 13.9 Å². The van der Waals surface area contributed by atoms with E-state index in [1.54, 1.807) is 18.2 Å². The Morgan fingerprint density at radius 1 is 1.17 bits per heavy atom. The van der Waals surface area contributed by atoms with Crippen LogP contribution in [-0.4, -0.2) is 12.5 Å². The predicted molar refractivity (Wildman–Crippen MR) is 109 cm³/mol. The van der Waals surface area contributed by atoms with Crippen LogP contribution in [0.1, 0.15) is 36.8 Å². The highest BCUT2D eigenvalue weighted by Gasteiger charge is 2.41. The van der Waals surface area contributed by atoms with Crippen molar-refractivity contribution in [1.29, 1.82) is 10.7 Å². The van der Waals surface area contributed by atoms with Crippen molar-refractivity contribution in [1.82, 2.24) is 0 Å². The fraction of sp³-hybridized carbons (Fsp3) is 0.261. The van der Waals surface area contributed by atoms with Crippen molar-refractivity contribution >= 4 is 16.9 Å². The van der Waals surface area contributed by atoms with Gasteiger partial charge in [-0.2, -0.15) is 5.26 Å². The Kier molecular flexibility index (Phi) is 5.05. The maximum absolute atomic E-state index is 12.9. The summed E-state index contributed by atoms with van der Waals surface area (Å²) in [5, 5.41) is 18.7. The molecule has 1 N–H and O–H groups in total. The van der Waals surface area contributed by atoms with Crippen molar-refractivity contribution in [3.8, 4) is 17.6 Å². The lowest BCUT2D eigenvalue weighted by Gasteiger charge is -2.30. The summed E-state index contributed by atoms with van der Waals surface area (Å²) in [4.78, 5) is 12.9. The van der Waals surface area contributed by atoms with Gasteiger partial charge in [0.25, 0.3) is 0 Å². The average molecular weight is 388 g/mol. The van der Waals surface area contributed by atoms with Gasteiger partial charge in [0.15, 0.2) is 5.75 Å². The number of fused-ring (bicyclic) bond motifs is 3. The van der Waals surface area contributed by atoms with Gasteiger partial charge in [-0.25, -0.2) is 4.79 Å². The van der Waals surface area contributed by atoms with Crippen molar-refractivity contribution in [3.05, 3.63) is 70.1 Å². The zero-order chi connectivity index (χ0) is 20.4. The smallest absolute Gasteiger partial charge is 0.343 e. The van der Waals surface area contributed by atoms with E-state index in [-0.39, 0.29) is 17.2 Å². The van der Waals surface area contributed by atoms with Crippen molar-refractivity contribution in [2.75, 3.05) is 6.61 Å². The number of para-hydroxylation sites is 2. The number of nitrogens with zero attached hydrogens (tertiary/aromatic N) is 1. The molecule has 6 heteroatoms. The van der Waals surface area contributed by atoms with Gasteiger partial charge in [0.1, 0.15) is 17.3 Å². The summed E-state index contributed by atoms with van der Waals surface area (Å²) >= 11 is 0. The second-order valence-electron chi connectivity index (χ2n) is 6.92. The van der Waals surface area contributed by atoms with Crippen LogP contribution in [0.3, 0.4) is 0 Å². The maximum atomic E-state index is 12.9. The van der Waals surface area contributed by atoms with Crippen LogP contribution in [0.15, 0.2) is 57.7 Å². The van der Waals surface area contributed by atoms with E-state index >= 15 is 0 Å². The predicted octanol–water partition coefficient (Wildman–Crippen LogP) is 4.61. The first-order valence-electron chi connectivity index (χ1n) is 9.59. The highest BCUT2D eigenvalue weighted by molar-refractivity contribution is 5.93. The van der Waals surface area contributed by atoms with E-state index in [4.69, 9.17) is 19.3 Å². The highest BCUT2D eigenvalue weighted by atomic mass is 16.5. The molecule has 1 aromatic heterocycles. The standard InChI is InChI=1S/C23H20N2O4/c1-2-3-12-27-17-10-6-4-8-14(17)19-16(13-24)22(25)29-21-15-9-5-7-11-18(15)28-23(26)20(19)21/h4-11,16,19,25H,2-3,12H2,1H3. The average Bonchev–Trinajstić information content (AvgIpc) is 2.73. The Balaban J connectivity index is 1.95. The van der Waals surface area contributed by atoms with Crippen LogP contribution in [0.4, 0.5) is 0 Å². The summed E-state index contributed by atoms with van der Waals surface area (Å²) in [6.45, 7) is 2.61. The largest absolute Gasteiger partial charge is 0.493 e. The van der Waals surface area contributed by atoms with Gasteiger partial charge < -0.3 is 13.9 Å². The molecule has 0 bridgehead atoms. The van der Waals surface area contributed by atoms with Gasteiger partial charge in [0, 0.05) is 11.5 Å². The van der Waals surface area contributed by atoms with E-state index in [1.165, 1.54) is 0 Å². The third kappa shape index (κ3) is 3.25. The fourth-order valence-electron chi connectivity index (χ4n) is 3.67. The Bertz CT molecular complexity index is 1180. The molecule has 0 amide bonds. The van der Waals surface area contributed by atoms with E-state index in [2.05, 4.69) is 13.0 Å². The summed E-state index contributed by atoms with van der Waals surface area (Å²) in [5.41, 5.74) is 0.732. The second-order valence-corrected chi connectivity index (χ2v) is 6.92. The molecule has 0 saturated heterocycles. The molecule has 0 fully saturated rings. The Labute approximate surface area is 167 Å². The van der Waals surface area contributed by atoms with Crippen molar-refractivity contribution in [2.24, 2.45) is 5.92 Å². The van der Waals surface area contributed by atoms with Crippen LogP contribution in [0, 0.1) is 22.7 Å². The quantitative estimate of drug-likeness (QED) is 0.508. The number of hydrogen-bond donors (Lipinski definition) is 1. The summed E-state index contributed by atoms with van der Waals surface area (Å²) in [7, 11) is 0. The first kappa shape index (κ1) is 18.8. The SMILES string of the molecule is CCCCOc1ccccc1C1c2c(c3ccccc3oc2=O)OC(=N)C1C#N. The Hall–Kier alpha value is -3.59. The molecule has 0 aliphatic carbocycles. The first-order valence-corrected chi connectivity index (χ1v) is 9.59. The van der Waals surface area contributed by atoms with Gasteiger partial charge in [-0.05, 0) is 24.6 Å². The molecule has 3 aromatic rings. The number of unbranched alkanes of at least 4 members (excludes halogenated alkanes) is 1. The lowest BCUT2D eigenvalue weighted by Crippen LogP contribution is -2.34. The third-order valence-corrected chi connectivity index (χ3v) is 5.09. The number of nitrogens with one attached hydrogen (secondary N) is 1. The number of ether oxygens (including phenoxy) is 2. The Morgan fingerprint density at radius 2 is 1.93 bits per heavy atom. The second kappa shape index (κ2) is 7.80. The topological polar surface area (TPSA) is 96.3 Å². The number of hydrogen-bond acceptors (Lipinski definition) is 6. The van der Waals surface area contributed by atoms with Gasteiger partial charge in [-0.15, -0.1) is 0 Å². The monoisotopic (exact) mass is 388 g/mol. The summed E-state index contributed by atoms with van der Waals surface area (Å²) in [6.07, 6.45) is 1.88. The minimum atomic E-state index is -0.956. The molecule has 1 aliphatic heterocycles. The maximum Gasteiger partial charge on any atom is 0.343 e. The summed E-state index contributed by atoms with van der Waals surface area (Å²) < 4.78 is 17.1. The van der Waals surface area contributed by atoms with E-state index in [0.29, 0.717) is 28.9 Å². The van der Waals surface area contributed by atoms with Crippen LogP contribution in [0.2, 0.25) is 0 Å². The number of benzene rings is 2. The Morgan fingerprint density at radius 3 is 2.72 bits per heavy atom. The zero-order valence-electron chi connectivity index (χ0n) is 16.0. The lowest BCUT2D eigenvalue weighted by atomic mass is 9.79. The normalized spacial score (nSPS) is 18.0. The minimum absolute atomic E-state index is 0.191. The van der Waals surface area contributed by atoms with E-state index < -0.39 is 17.5 Å². The fourth-order valence-corrected chi connectivity index (χ4v) is 3.67. The highest BCUT2D eigenvalue weighted by Crippen LogP contribution is 2.45. The molecule has 0 saturated carbocycles. The van der Waals surface area contributed by atoms with Crippen LogP contribution in [-0.2, 0) is 0 Å². The molecule has 2 aromatic carbocycles.